The zero-order valence-corrected chi connectivity index (χ0v) is 16.4. The van der Waals surface area contributed by atoms with Gasteiger partial charge in [-0.3, -0.25) is 9.69 Å². The Morgan fingerprint density at radius 3 is 2.25 bits per heavy atom. The van der Waals surface area contributed by atoms with Crippen molar-refractivity contribution in [3.05, 3.63) is 66.0 Å². The highest BCUT2D eigenvalue weighted by molar-refractivity contribution is 7.89. The van der Waals surface area contributed by atoms with E-state index in [0.29, 0.717) is 44.2 Å². The largest absolute Gasteiger partial charge is 0.355 e. The van der Waals surface area contributed by atoms with Gasteiger partial charge in [-0.05, 0) is 29.8 Å². The Labute approximate surface area is 165 Å². The molecule has 1 aliphatic rings. The van der Waals surface area contributed by atoms with E-state index in [2.05, 4.69) is 10.2 Å². The predicted octanol–water partition coefficient (Wildman–Crippen LogP) is 1.49. The van der Waals surface area contributed by atoms with E-state index in [9.17, 15) is 17.6 Å². The van der Waals surface area contributed by atoms with E-state index in [-0.39, 0.29) is 18.1 Å². The van der Waals surface area contributed by atoms with Gasteiger partial charge in [0.05, 0.1) is 11.3 Å². The van der Waals surface area contributed by atoms with Crippen molar-refractivity contribution in [3.8, 4) is 0 Å². The lowest BCUT2D eigenvalue weighted by molar-refractivity contribution is -0.120. The Bertz CT molecular complexity index is 881. The lowest BCUT2D eigenvalue weighted by Gasteiger charge is -2.33. The topological polar surface area (TPSA) is 69.7 Å². The maximum Gasteiger partial charge on any atom is 0.243 e. The highest BCUT2D eigenvalue weighted by atomic mass is 32.2. The van der Waals surface area contributed by atoms with Crippen LogP contribution in [0, 0.1) is 5.82 Å². The van der Waals surface area contributed by atoms with E-state index < -0.39 is 10.0 Å². The van der Waals surface area contributed by atoms with Crippen LogP contribution in [-0.4, -0.2) is 62.8 Å². The number of sulfonamides is 1. The number of amides is 1. The minimum atomic E-state index is -3.45. The number of carbonyl (C=O) groups is 1. The van der Waals surface area contributed by atoms with Gasteiger partial charge >= 0.3 is 0 Å². The number of nitrogens with one attached hydrogen (secondary N) is 1. The van der Waals surface area contributed by atoms with Crippen molar-refractivity contribution in [3.63, 3.8) is 0 Å². The second-order valence-electron chi connectivity index (χ2n) is 6.71. The van der Waals surface area contributed by atoms with Crippen molar-refractivity contribution < 1.29 is 17.6 Å². The molecule has 1 fully saturated rings. The molecule has 8 heteroatoms. The number of rotatable bonds is 7. The number of nitrogens with zero attached hydrogens (tertiary/aromatic N) is 2. The van der Waals surface area contributed by atoms with Crippen LogP contribution in [0.4, 0.5) is 4.39 Å². The molecule has 0 aromatic heterocycles. The summed E-state index contributed by atoms with van der Waals surface area (Å²) in [5, 5.41) is 2.85. The number of halogens is 1. The van der Waals surface area contributed by atoms with E-state index in [1.807, 2.05) is 0 Å². The summed E-state index contributed by atoms with van der Waals surface area (Å²) in [5.74, 6) is -0.436. The monoisotopic (exact) mass is 405 g/mol. The molecule has 3 rings (SSSR count). The molecule has 150 valence electrons. The van der Waals surface area contributed by atoms with Crippen molar-refractivity contribution >= 4 is 15.9 Å². The molecule has 1 N–H and O–H groups in total. The molecule has 0 atom stereocenters. The molecule has 28 heavy (non-hydrogen) atoms. The van der Waals surface area contributed by atoms with Gasteiger partial charge in [0, 0.05) is 39.3 Å². The van der Waals surface area contributed by atoms with Gasteiger partial charge in [0.2, 0.25) is 15.9 Å². The van der Waals surface area contributed by atoms with Crippen molar-refractivity contribution in [2.24, 2.45) is 0 Å². The Hall–Kier alpha value is -2.29. The molecule has 6 nitrogen and oxygen atoms in total. The first-order valence-corrected chi connectivity index (χ1v) is 10.7. The number of hydrogen-bond donors (Lipinski definition) is 1. The van der Waals surface area contributed by atoms with E-state index in [1.165, 1.54) is 16.4 Å². The van der Waals surface area contributed by atoms with Crippen molar-refractivity contribution in [1.82, 2.24) is 14.5 Å². The number of benzene rings is 2. The second-order valence-corrected chi connectivity index (χ2v) is 8.65. The van der Waals surface area contributed by atoms with Gasteiger partial charge in [-0.15, -0.1) is 0 Å². The fourth-order valence-corrected chi connectivity index (χ4v) is 4.58. The summed E-state index contributed by atoms with van der Waals surface area (Å²) in [4.78, 5) is 14.4. The molecule has 1 heterocycles. The summed E-state index contributed by atoms with van der Waals surface area (Å²) in [6, 6.07) is 14.3. The first kappa shape index (κ1) is 20.4. The van der Waals surface area contributed by atoms with Crippen molar-refractivity contribution in [2.75, 3.05) is 39.3 Å². The highest BCUT2D eigenvalue weighted by Crippen LogP contribution is 2.16. The van der Waals surface area contributed by atoms with Crippen LogP contribution in [0.1, 0.15) is 5.56 Å². The Balaban J connectivity index is 1.40. The van der Waals surface area contributed by atoms with Crippen LogP contribution in [0.25, 0.3) is 0 Å². The van der Waals surface area contributed by atoms with Gasteiger partial charge in [0.15, 0.2) is 0 Å². The van der Waals surface area contributed by atoms with Crippen LogP contribution in [0.3, 0.4) is 0 Å². The van der Waals surface area contributed by atoms with Gasteiger partial charge < -0.3 is 5.32 Å². The molecular formula is C20H24FN3O3S. The lowest BCUT2D eigenvalue weighted by Crippen LogP contribution is -2.50. The van der Waals surface area contributed by atoms with Crippen LogP contribution in [-0.2, 0) is 21.2 Å². The molecular weight excluding hydrogens is 381 g/mol. The van der Waals surface area contributed by atoms with Crippen LogP contribution >= 0.6 is 0 Å². The summed E-state index contributed by atoms with van der Waals surface area (Å²) < 4.78 is 39.6. The maximum atomic E-state index is 12.9. The molecule has 0 unspecified atom stereocenters. The van der Waals surface area contributed by atoms with Crippen LogP contribution in [0.5, 0.6) is 0 Å². The predicted molar refractivity (Wildman–Crippen MR) is 105 cm³/mol. The molecule has 0 aliphatic carbocycles. The van der Waals surface area contributed by atoms with Crippen LogP contribution in [0.15, 0.2) is 59.5 Å². The fraction of sp³-hybridized carbons (Fsp3) is 0.350. The van der Waals surface area contributed by atoms with Gasteiger partial charge in [-0.25, -0.2) is 12.8 Å². The summed E-state index contributed by atoms with van der Waals surface area (Å²) in [6.07, 6.45) is 0.212. The number of carbonyl (C=O) groups excluding carboxylic acids is 1. The Morgan fingerprint density at radius 1 is 0.964 bits per heavy atom. The number of piperazine rings is 1. The minimum Gasteiger partial charge on any atom is -0.355 e. The molecule has 0 saturated carbocycles. The third-order valence-electron chi connectivity index (χ3n) is 4.74. The van der Waals surface area contributed by atoms with Crippen molar-refractivity contribution in [1.29, 1.82) is 0 Å². The first-order valence-electron chi connectivity index (χ1n) is 9.24. The quantitative estimate of drug-likeness (QED) is 0.758. The summed E-state index contributed by atoms with van der Waals surface area (Å²) in [6.45, 7) is 3.27. The van der Waals surface area contributed by atoms with E-state index in [4.69, 9.17) is 0 Å². The van der Waals surface area contributed by atoms with Gasteiger partial charge in [-0.1, -0.05) is 30.3 Å². The average Bonchev–Trinajstić information content (AvgIpc) is 2.71. The van der Waals surface area contributed by atoms with E-state index in [1.54, 1.807) is 42.5 Å². The summed E-state index contributed by atoms with van der Waals surface area (Å²) >= 11 is 0. The molecule has 2 aromatic rings. The van der Waals surface area contributed by atoms with Gasteiger partial charge in [0.1, 0.15) is 5.82 Å². The Morgan fingerprint density at radius 2 is 1.61 bits per heavy atom. The zero-order chi connectivity index (χ0) is 20.0. The minimum absolute atomic E-state index is 0.114. The number of hydrogen-bond acceptors (Lipinski definition) is 4. The van der Waals surface area contributed by atoms with Gasteiger partial charge in [0.25, 0.3) is 0 Å². The zero-order valence-electron chi connectivity index (χ0n) is 15.6. The normalized spacial score (nSPS) is 16.0. The first-order chi connectivity index (χ1) is 13.4. The summed E-state index contributed by atoms with van der Waals surface area (Å²) in [7, 11) is -3.45. The molecule has 2 aromatic carbocycles. The smallest absolute Gasteiger partial charge is 0.243 e. The standard InChI is InChI=1S/C20H24FN3O3S/c21-18-8-6-17(7-9-18)16-20(25)22-10-11-23-12-14-24(15-13-23)28(26,27)19-4-2-1-3-5-19/h1-9H,10-16H2,(H,22,25). The lowest BCUT2D eigenvalue weighted by atomic mass is 10.1. The summed E-state index contributed by atoms with van der Waals surface area (Å²) in [5.41, 5.74) is 0.763. The van der Waals surface area contributed by atoms with Crippen molar-refractivity contribution in [2.45, 2.75) is 11.3 Å². The van der Waals surface area contributed by atoms with E-state index >= 15 is 0 Å². The molecule has 1 aliphatic heterocycles. The van der Waals surface area contributed by atoms with Crippen LogP contribution in [0.2, 0.25) is 0 Å². The third kappa shape index (κ3) is 5.37. The SMILES string of the molecule is O=C(Cc1ccc(F)cc1)NCCN1CCN(S(=O)(=O)c2ccccc2)CC1. The van der Waals surface area contributed by atoms with Gasteiger partial charge in [-0.2, -0.15) is 4.31 Å². The molecule has 0 spiro atoms. The highest BCUT2D eigenvalue weighted by Gasteiger charge is 2.28. The molecule has 1 amide bonds. The second kappa shape index (κ2) is 9.27. The third-order valence-corrected chi connectivity index (χ3v) is 6.65. The van der Waals surface area contributed by atoms with E-state index in [0.717, 1.165) is 5.56 Å². The molecule has 0 radical (unpaired) electrons. The fourth-order valence-electron chi connectivity index (χ4n) is 3.14. The van der Waals surface area contributed by atoms with Crippen LogP contribution < -0.4 is 5.32 Å². The Kier molecular flexibility index (Phi) is 6.77. The maximum absolute atomic E-state index is 12.9. The molecule has 1 saturated heterocycles. The average molecular weight is 405 g/mol. The molecule has 0 bridgehead atoms.